The van der Waals surface area contributed by atoms with Gasteiger partial charge in [0.25, 0.3) is 15.9 Å². The fourth-order valence-corrected chi connectivity index (χ4v) is 5.71. The number of hydrogen-bond donors (Lipinski definition) is 0. The van der Waals surface area contributed by atoms with Gasteiger partial charge >= 0.3 is 0 Å². The Balaban J connectivity index is 2.23. The third kappa shape index (κ3) is 5.84. The second kappa shape index (κ2) is 10.8. The first-order valence-electron chi connectivity index (χ1n) is 10.5. The molecule has 0 saturated heterocycles. The molecule has 35 heavy (non-hydrogen) atoms. The average molecular weight is 535 g/mol. The molecular formula is C24H27ClN4O4S2. The molecule has 3 aromatic rings. The van der Waals surface area contributed by atoms with Crippen molar-refractivity contribution in [3.05, 3.63) is 58.4 Å². The molecule has 2 aromatic carbocycles. The fraction of sp³-hybridized carbons (Fsp3) is 0.250. The maximum absolute atomic E-state index is 13.3. The van der Waals surface area contributed by atoms with Crippen molar-refractivity contribution in [3.63, 3.8) is 0 Å². The van der Waals surface area contributed by atoms with Crippen molar-refractivity contribution in [1.29, 1.82) is 0 Å². The van der Waals surface area contributed by atoms with Gasteiger partial charge in [-0.25, -0.2) is 5.06 Å². The Morgan fingerprint density at radius 3 is 2.06 bits per heavy atom. The van der Waals surface area contributed by atoms with E-state index in [0.717, 1.165) is 21.2 Å². The van der Waals surface area contributed by atoms with Crippen molar-refractivity contribution in [2.24, 2.45) is 4.40 Å². The minimum absolute atomic E-state index is 0.0563. The molecular weight excluding hydrogens is 508 g/mol. The van der Waals surface area contributed by atoms with E-state index in [1.165, 1.54) is 36.9 Å². The third-order valence-corrected chi connectivity index (χ3v) is 7.76. The van der Waals surface area contributed by atoms with Crippen LogP contribution in [0.3, 0.4) is 0 Å². The summed E-state index contributed by atoms with van der Waals surface area (Å²) in [6.07, 6.45) is 1.24. The molecule has 8 nitrogen and oxygen atoms in total. The first-order chi connectivity index (χ1) is 16.5. The van der Waals surface area contributed by atoms with Gasteiger partial charge in [0.2, 0.25) is 0 Å². The van der Waals surface area contributed by atoms with Crippen LogP contribution in [-0.4, -0.2) is 73.0 Å². The number of nitrogens with zero attached hydrogens (tertiary/aromatic N) is 4. The maximum Gasteiger partial charge on any atom is 0.287 e. The number of carbonyl (C=O) groups excluding carboxylic acids is 1. The van der Waals surface area contributed by atoms with Gasteiger partial charge in [0, 0.05) is 45.8 Å². The zero-order chi connectivity index (χ0) is 25.9. The van der Waals surface area contributed by atoms with Crippen LogP contribution in [0.1, 0.15) is 9.67 Å². The van der Waals surface area contributed by atoms with Crippen molar-refractivity contribution < 1.29 is 18.0 Å². The first kappa shape index (κ1) is 26.7. The average Bonchev–Trinajstić information content (AvgIpc) is 3.23. The Morgan fingerprint density at radius 1 is 0.971 bits per heavy atom. The van der Waals surface area contributed by atoms with E-state index in [9.17, 15) is 13.2 Å². The van der Waals surface area contributed by atoms with Gasteiger partial charge in [0.05, 0.1) is 22.6 Å². The van der Waals surface area contributed by atoms with E-state index in [1.807, 2.05) is 31.1 Å². The molecule has 0 fully saturated rings. The number of sulfonamides is 1. The number of halogens is 1. The standard InChI is InChI=1S/C24H27ClN4O4S2/c1-27(2)15-26-35(31,32)19-13-9-16(10-14-19)20-21(28(3)4)22(17-7-11-18(25)12-8-17)34-23(20)24(30)29(5)33-6/h7-15H,1-6H3/b26-15+. The van der Waals surface area contributed by atoms with Crippen molar-refractivity contribution in [2.45, 2.75) is 4.90 Å². The second-order valence-corrected chi connectivity index (χ2v) is 11.1. The summed E-state index contributed by atoms with van der Waals surface area (Å²) in [5.74, 6) is -0.317. The number of hydroxylamine groups is 2. The Morgan fingerprint density at radius 2 is 1.54 bits per heavy atom. The molecule has 0 spiro atoms. The molecule has 0 aliphatic rings. The summed E-state index contributed by atoms with van der Waals surface area (Å²) in [6, 6.07) is 13.7. The molecule has 0 N–H and O–H groups in total. The van der Waals surface area contributed by atoms with Crippen LogP contribution < -0.4 is 4.90 Å². The van der Waals surface area contributed by atoms with E-state index in [4.69, 9.17) is 16.4 Å². The van der Waals surface area contributed by atoms with E-state index in [-0.39, 0.29) is 10.8 Å². The zero-order valence-electron chi connectivity index (χ0n) is 20.3. The molecule has 1 heterocycles. The van der Waals surface area contributed by atoms with E-state index in [1.54, 1.807) is 50.3 Å². The SMILES string of the molecule is CON(C)C(=O)c1sc(-c2ccc(Cl)cc2)c(N(C)C)c1-c1ccc(S(=O)(=O)/N=C/N(C)C)cc1. The highest BCUT2D eigenvalue weighted by Gasteiger charge is 2.28. The second-order valence-electron chi connectivity index (χ2n) is 8.05. The monoisotopic (exact) mass is 534 g/mol. The molecule has 1 aromatic heterocycles. The summed E-state index contributed by atoms with van der Waals surface area (Å²) in [6.45, 7) is 0. The highest BCUT2D eigenvalue weighted by Crippen LogP contribution is 2.48. The number of amides is 1. The summed E-state index contributed by atoms with van der Waals surface area (Å²) < 4.78 is 28.8. The van der Waals surface area contributed by atoms with Crippen LogP contribution in [0.2, 0.25) is 5.02 Å². The molecule has 0 unspecified atom stereocenters. The minimum Gasteiger partial charge on any atom is -0.376 e. The van der Waals surface area contributed by atoms with Gasteiger partial charge in [-0.1, -0.05) is 35.9 Å². The molecule has 11 heteroatoms. The van der Waals surface area contributed by atoms with Crippen molar-refractivity contribution in [1.82, 2.24) is 9.96 Å². The van der Waals surface area contributed by atoms with E-state index in [2.05, 4.69) is 4.40 Å². The lowest BCUT2D eigenvalue weighted by molar-refractivity contribution is -0.0753. The molecule has 0 atom stereocenters. The number of carbonyl (C=O) groups is 1. The number of rotatable bonds is 8. The first-order valence-corrected chi connectivity index (χ1v) is 13.1. The van der Waals surface area contributed by atoms with Gasteiger partial charge in [-0.15, -0.1) is 15.7 Å². The summed E-state index contributed by atoms with van der Waals surface area (Å²) in [4.78, 5) is 23.3. The fourth-order valence-electron chi connectivity index (χ4n) is 3.30. The summed E-state index contributed by atoms with van der Waals surface area (Å²) >= 11 is 7.43. The molecule has 0 aliphatic heterocycles. The summed E-state index contributed by atoms with van der Waals surface area (Å²) in [5, 5.41) is 1.77. The Kier molecular flexibility index (Phi) is 8.22. The molecule has 0 aliphatic carbocycles. The topological polar surface area (TPSA) is 82.5 Å². The van der Waals surface area contributed by atoms with Gasteiger partial charge in [-0.05, 0) is 35.4 Å². The lowest BCUT2D eigenvalue weighted by atomic mass is 10.0. The van der Waals surface area contributed by atoms with Gasteiger partial charge in [0.15, 0.2) is 0 Å². The Hall–Kier alpha value is -2.92. The van der Waals surface area contributed by atoms with Crippen molar-refractivity contribution >= 4 is 50.9 Å². The van der Waals surface area contributed by atoms with Crippen LogP contribution >= 0.6 is 22.9 Å². The van der Waals surface area contributed by atoms with Crippen LogP contribution in [0, 0.1) is 0 Å². The summed E-state index contributed by atoms with van der Waals surface area (Å²) in [7, 11) is 6.29. The molecule has 3 rings (SSSR count). The molecule has 1 amide bonds. The lowest BCUT2D eigenvalue weighted by Gasteiger charge is -2.18. The van der Waals surface area contributed by atoms with Crippen molar-refractivity contribution in [3.8, 4) is 21.6 Å². The highest BCUT2D eigenvalue weighted by molar-refractivity contribution is 7.90. The number of thiophene rings is 1. The predicted molar refractivity (Wildman–Crippen MR) is 143 cm³/mol. The highest BCUT2D eigenvalue weighted by atomic mass is 35.5. The van der Waals surface area contributed by atoms with E-state index < -0.39 is 10.0 Å². The van der Waals surface area contributed by atoms with E-state index >= 15 is 0 Å². The number of benzene rings is 2. The third-order valence-electron chi connectivity index (χ3n) is 5.05. The van der Waals surface area contributed by atoms with Crippen molar-refractivity contribution in [2.75, 3.05) is 47.2 Å². The molecule has 0 bridgehead atoms. The lowest BCUT2D eigenvalue weighted by Crippen LogP contribution is -2.25. The Labute approximate surface area is 215 Å². The van der Waals surface area contributed by atoms with Gasteiger partial charge in [0.1, 0.15) is 11.2 Å². The normalized spacial score (nSPS) is 11.6. The number of hydrogen-bond acceptors (Lipinski definition) is 6. The van der Waals surface area contributed by atoms with E-state index in [0.29, 0.717) is 21.0 Å². The predicted octanol–water partition coefficient (Wildman–Crippen LogP) is 4.71. The van der Waals surface area contributed by atoms with Crippen LogP contribution in [-0.2, 0) is 14.9 Å². The van der Waals surface area contributed by atoms with Gasteiger partial charge < -0.3 is 9.80 Å². The Bertz CT molecular complexity index is 1330. The molecule has 0 saturated carbocycles. The largest absolute Gasteiger partial charge is 0.376 e. The number of anilines is 1. The summed E-state index contributed by atoms with van der Waals surface area (Å²) in [5.41, 5.74) is 3.10. The zero-order valence-corrected chi connectivity index (χ0v) is 22.7. The minimum atomic E-state index is -3.85. The molecule has 186 valence electrons. The maximum atomic E-state index is 13.3. The van der Waals surface area contributed by atoms with Crippen LogP contribution in [0.5, 0.6) is 0 Å². The van der Waals surface area contributed by atoms with Gasteiger partial charge in [-0.2, -0.15) is 8.42 Å². The van der Waals surface area contributed by atoms with Crippen LogP contribution in [0.25, 0.3) is 21.6 Å². The van der Waals surface area contributed by atoms with Crippen LogP contribution in [0.4, 0.5) is 5.69 Å². The quantitative estimate of drug-likeness (QED) is 0.236. The van der Waals surface area contributed by atoms with Gasteiger partial charge in [-0.3, -0.25) is 9.63 Å². The smallest absolute Gasteiger partial charge is 0.287 e. The van der Waals surface area contributed by atoms with Crippen LogP contribution in [0.15, 0.2) is 57.8 Å². The molecule has 0 radical (unpaired) electrons.